The Hall–Kier alpha value is -11.6. The van der Waals surface area contributed by atoms with Gasteiger partial charge in [0.05, 0.1) is 27.7 Å². The van der Waals surface area contributed by atoms with Gasteiger partial charge in [0.1, 0.15) is 67.0 Å². The minimum atomic E-state index is 0.513. The lowest BCUT2D eigenvalue weighted by Gasteiger charge is -2.11. The van der Waals surface area contributed by atoms with Crippen LogP contribution in [0.5, 0.6) is 0 Å². The highest BCUT2D eigenvalue weighted by Crippen LogP contribution is 2.50. The molecule has 8 aromatic heterocycles. The first kappa shape index (κ1) is 45.2. The van der Waals surface area contributed by atoms with Crippen LogP contribution in [0.25, 0.3) is 199 Å². The molecule has 0 atom stereocenters. The van der Waals surface area contributed by atoms with Crippen LogP contribution in [0.15, 0.2) is 263 Å². The molecular weight excluding hydrogens is 1040 g/mol. The van der Waals surface area contributed by atoms with Crippen LogP contribution in [0, 0.1) is 0 Å². The van der Waals surface area contributed by atoms with E-state index >= 15 is 0 Å². The average molecular weight is 1080 g/mol. The quantitative estimate of drug-likeness (QED) is 0.160. The number of hydrogen-bond acceptors (Lipinski definition) is 9. The third-order valence-corrected chi connectivity index (χ3v) is 17.0. The Morgan fingerprint density at radius 3 is 1.49 bits per heavy atom. The van der Waals surface area contributed by atoms with Gasteiger partial charge in [-0.3, -0.25) is 4.98 Å². The van der Waals surface area contributed by atoms with Crippen molar-refractivity contribution in [2.24, 2.45) is 0 Å². The van der Waals surface area contributed by atoms with Crippen molar-refractivity contribution < 1.29 is 26.5 Å². The maximum absolute atomic E-state index is 6.87. The number of para-hydroxylation sites is 3. The van der Waals surface area contributed by atoms with Crippen LogP contribution in [0.2, 0.25) is 0 Å². The summed E-state index contributed by atoms with van der Waals surface area (Å²) >= 11 is 0. The molecule has 0 aliphatic carbocycles. The van der Waals surface area contributed by atoms with Crippen molar-refractivity contribution in [1.82, 2.24) is 15.0 Å². The summed E-state index contributed by atoms with van der Waals surface area (Å²) in [6, 6.07) is 76.8. The monoisotopic (exact) mass is 1080 g/mol. The molecule has 0 aliphatic heterocycles. The zero-order valence-corrected chi connectivity index (χ0v) is 44.3. The second kappa shape index (κ2) is 17.0. The standard InChI is InChI=1S/C75H39N3O6/c1-2-11-43(12-3-1)54-38-55(78-75(77-54)53-37-63-69(67-50-16-6-9-19-58(50)83-73(53)67)70-61(81-63)31-30-48-47-14-4-7-17-56(47)82-72(48)70)44-26-22-40(23-27-44)45-28-29-51-62(35-45)79-59-32-33-60-68(66(51)59)71-64(80-60)36-52(65-49-15-5-8-18-57(49)84-74(65)71)42-24-20-41(21-25-42)46-13-10-34-76-39-46/h1-39H. The highest BCUT2D eigenvalue weighted by Gasteiger charge is 2.27. The second-order valence-corrected chi connectivity index (χ2v) is 21.7. The summed E-state index contributed by atoms with van der Waals surface area (Å²) in [7, 11) is 0. The van der Waals surface area contributed by atoms with Crippen LogP contribution in [-0.2, 0) is 0 Å². The van der Waals surface area contributed by atoms with Gasteiger partial charge in [-0.2, -0.15) is 0 Å². The lowest BCUT2D eigenvalue weighted by atomic mass is 9.95. The molecule has 0 fully saturated rings. The van der Waals surface area contributed by atoms with Crippen LogP contribution in [0.4, 0.5) is 0 Å². The fourth-order valence-electron chi connectivity index (χ4n) is 13.2. The number of aromatic nitrogens is 3. The Bertz CT molecular complexity index is 5960. The molecule has 0 amide bonds. The van der Waals surface area contributed by atoms with E-state index in [1.54, 1.807) is 6.20 Å². The predicted molar refractivity (Wildman–Crippen MR) is 336 cm³/mol. The lowest BCUT2D eigenvalue weighted by Crippen LogP contribution is -1.96. The lowest BCUT2D eigenvalue weighted by molar-refractivity contribution is 0.660. The van der Waals surface area contributed by atoms with E-state index in [4.69, 9.17) is 36.5 Å². The van der Waals surface area contributed by atoms with E-state index in [1.807, 2.05) is 103 Å². The molecule has 0 saturated heterocycles. The van der Waals surface area contributed by atoms with Crippen molar-refractivity contribution in [1.29, 1.82) is 0 Å². The van der Waals surface area contributed by atoms with Gasteiger partial charge in [-0.05, 0) is 112 Å². The topological polar surface area (TPSA) is 118 Å². The van der Waals surface area contributed by atoms with Gasteiger partial charge in [-0.1, -0.05) is 146 Å². The largest absolute Gasteiger partial charge is 0.456 e. The van der Waals surface area contributed by atoms with Crippen LogP contribution in [-0.4, -0.2) is 15.0 Å². The highest BCUT2D eigenvalue weighted by atomic mass is 16.4. The van der Waals surface area contributed by atoms with Crippen LogP contribution >= 0.6 is 0 Å². The molecule has 0 aliphatic rings. The minimum Gasteiger partial charge on any atom is -0.456 e. The number of hydrogen-bond donors (Lipinski definition) is 0. The van der Waals surface area contributed by atoms with Gasteiger partial charge in [0.25, 0.3) is 0 Å². The zero-order chi connectivity index (χ0) is 54.7. The van der Waals surface area contributed by atoms with Crippen molar-refractivity contribution in [3.05, 3.63) is 237 Å². The maximum atomic E-state index is 6.87. The fourth-order valence-corrected chi connectivity index (χ4v) is 13.2. The van der Waals surface area contributed by atoms with Gasteiger partial charge in [0.2, 0.25) is 0 Å². The van der Waals surface area contributed by atoms with Crippen molar-refractivity contribution in [3.63, 3.8) is 0 Å². The second-order valence-electron chi connectivity index (χ2n) is 21.7. The Morgan fingerprint density at radius 1 is 0.238 bits per heavy atom. The van der Waals surface area contributed by atoms with E-state index in [-0.39, 0.29) is 0 Å². The maximum Gasteiger partial charge on any atom is 0.164 e. The first-order chi connectivity index (χ1) is 41.6. The van der Waals surface area contributed by atoms with Crippen LogP contribution in [0.3, 0.4) is 0 Å². The molecule has 390 valence electrons. The number of furan rings is 6. The van der Waals surface area contributed by atoms with Crippen molar-refractivity contribution >= 4 is 132 Å². The van der Waals surface area contributed by atoms with Gasteiger partial charge in [0.15, 0.2) is 5.82 Å². The summed E-state index contributed by atoms with van der Waals surface area (Å²) in [6.07, 6.45) is 3.68. The van der Waals surface area contributed by atoms with Gasteiger partial charge in [-0.25, -0.2) is 9.97 Å². The molecule has 8 heterocycles. The molecule has 0 bridgehead atoms. The Labute approximate surface area is 474 Å². The van der Waals surface area contributed by atoms with Crippen molar-refractivity contribution in [2.45, 2.75) is 0 Å². The molecule has 0 N–H and O–H groups in total. The summed E-state index contributed by atoms with van der Waals surface area (Å²) in [5, 5.41) is 11.7. The number of nitrogens with zero attached hydrogens (tertiary/aromatic N) is 3. The van der Waals surface area contributed by atoms with Gasteiger partial charge in [-0.15, -0.1) is 0 Å². The molecule has 9 heteroatoms. The van der Waals surface area contributed by atoms with E-state index in [1.165, 1.54) is 0 Å². The third-order valence-electron chi connectivity index (χ3n) is 17.0. The van der Waals surface area contributed by atoms with E-state index in [0.717, 1.165) is 182 Å². The number of pyridine rings is 1. The molecule has 19 aromatic rings. The van der Waals surface area contributed by atoms with Gasteiger partial charge < -0.3 is 26.5 Å². The predicted octanol–water partition coefficient (Wildman–Crippen LogP) is 21.3. The molecule has 19 rings (SSSR count). The summed E-state index contributed by atoms with van der Waals surface area (Å²) in [5.41, 5.74) is 19.5. The molecular formula is C75H39N3O6. The Kier molecular flexibility index (Phi) is 9.15. The summed E-state index contributed by atoms with van der Waals surface area (Å²) in [6.45, 7) is 0. The third kappa shape index (κ3) is 6.51. The smallest absolute Gasteiger partial charge is 0.164 e. The fraction of sp³-hybridized carbons (Fsp3) is 0. The average Bonchev–Trinajstić information content (AvgIpc) is 1.92. The highest BCUT2D eigenvalue weighted by molar-refractivity contribution is 6.35. The molecule has 0 unspecified atom stereocenters. The molecule has 0 radical (unpaired) electrons. The van der Waals surface area contributed by atoms with Gasteiger partial charge in [0, 0.05) is 77.4 Å². The van der Waals surface area contributed by atoms with E-state index in [0.29, 0.717) is 17.0 Å². The van der Waals surface area contributed by atoms with Crippen LogP contribution in [0.1, 0.15) is 0 Å². The van der Waals surface area contributed by atoms with E-state index < -0.39 is 0 Å². The minimum absolute atomic E-state index is 0.513. The van der Waals surface area contributed by atoms with Crippen molar-refractivity contribution in [2.75, 3.05) is 0 Å². The Morgan fingerprint density at radius 2 is 0.738 bits per heavy atom. The number of rotatable bonds is 6. The Balaban J connectivity index is 0.733. The molecule has 84 heavy (non-hydrogen) atoms. The number of benzene rings is 11. The van der Waals surface area contributed by atoms with E-state index in [2.05, 4.69) is 132 Å². The SMILES string of the molecule is c1ccc(-c2cc(-c3ccc(-c4ccc5c(c4)oc4ccc6oc7cc(-c8ccc(-c9cccnc9)cc8)c8c9ccccc9oc8c7c6c45)cc3)nc(-c3cc4oc5ccc6c7ccccc7oc6c5c4c4c3oc3ccccc34)n2)cc1. The summed E-state index contributed by atoms with van der Waals surface area (Å²) in [5.74, 6) is 0.513. The molecule has 9 nitrogen and oxygen atoms in total. The zero-order valence-electron chi connectivity index (χ0n) is 44.3. The van der Waals surface area contributed by atoms with Crippen LogP contribution < -0.4 is 0 Å². The van der Waals surface area contributed by atoms with Gasteiger partial charge >= 0.3 is 0 Å². The number of fused-ring (bicyclic) bond motifs is 22. The molecule has 0 spiro atoms. The van der Waals surface area contributed by atoms with E-state index in [9.17, 15) is 0 Å². The molecule has 11 aromatic carbocycles. The first-order valence-electron chi connectivity index (χ1n) is 27.9. The normalized spacial score (nSPS) is 12.3. The summed E-state index contributed by atoms with van der Waals surface area (Å²) < 4.78 is 40.7. The summed E-state index contributed by atoms with van der Waals surface area (Å²) in [4.78, 5) is 15.0. The van der Waals surface area contributed by atoms with Crippen molar-refractivity contribution in [3.8, 4) is 67.3 Å². The molecule has 0 saturated carbocycles. The first-order valence-corrected chi connectivity index (χ1v) is 27.9.